The van der Waals surface area contributed by atoms with Crippen LogP contribution in [0.4, 0.5) is 0 Å². The predicted octanol–water partition coefficient (Wildman–Crippen LogP) is 6.07. The van der Waals surface area contributed by atoms with Crippen LogP contribution >= 0.6 is 12.4 Å². The molecule has 137 valence electrons. The Morgan fingerprint density at radius 3 is 1.84 bits per heavy atom. The van der Waals surface area contributed by atoms with Gasteiger partial charge in [0.25, 0.3) is 0 Å². The molecule has 0 aliphatic heterocycles. The Balaban J connectivity index is 0.00000182. The summed E-state index contributed by atoms with van der Waals surface area (Å²) in [6.07, 6.45) is 23.0. The maximum absolute atomic E-state index is 2.67. The molecule has 0 spiro atoms. The third-order valence-electron chi connectivity index (χ3n) is 6.96. The van der Waals surface area contributed by atoms with Crippen LogP contribution in [-0.4, -0.2) is 6.88 Å². The summed E-state index contributed by atoms with van der Waals surface area (Å²) in [5, 5.41) is 0. The summed E-state index contributed by atoms with van der Waals surface area (Å²) in [6.45, 7) is 2.43. The van der Waals surface area contributed by atoms with Crippen LogP contribution in [0.3, 0.4) is 0 Å². The van der Waals surface area contributed by atoms with Gasteiger partial charge in [-0.05, 0) is 0 Å². The van der Waals surface area contributed by atoms with E-state index in [1.165, 1.54) is 38.5 Å². The summed E-state index contributed by atoms with van der Waals surface area (Å²) in [5.41, 5.74) is 3.69. The van der Waals surface area contributed by atoms with Gasteiger partial charge >= 0.3 is 155 Å². The van der Waals surface area contributed by atoms with Crippen molar-refractivity contribution in [2.75, 3.05) is 0 Å². The van der Waals surface area contributed by atoms with Crippen molar-refractivity contribution in [2.24, 2.45) is 29.6 Å². The SMILES string of the molecule is Cl.[CH3][Zr]([CH3])(=[SiH2])[CH2]C(C1CCC2CC=CC=C21)C1CCC2CC=CC=C21. The van der Waals surface area contributed by atoms with E-state index in [-0.39, 0.29) is 12.4 Å². The second-order valence-electron chi connectivity index (χ2n) is 9.45. The Bertz CT molecular complexity index is 620. The summed E-state index contributed by atoms with van der Waals surface area (Å²) in [5.74, 6) is 4.53. The molecule has 0 aromatic rings. The minimum absolute atomic E-state index is 0. The first-order valence-corrected chi connectivity index (χ1v) is 22.7. The number of hydrogen-bond acceptors (Lipinski definition) is 0. The second kappa shape index (κ2) is 8.15. The molecule has 2 fully saturated rings. The number of hydrogen-bond donors (Lipinski definition) is 0. The van der Waals surface area contributed by atoms with Gasteiger partial charge in [-0.15, -0.1) is 12.4 Å². The normalized spacial score (nSPS) is 34.6. The van der Waals surface area contributed by atoms with Gasteiger partial charge in [-0.3, -0.25) is 0 Å². The van der Waals surface area contributed by atoms with Crippen LogP contribution in [-0.2, 0) is 18.9 Å². The summed E-state index contributed by atoms with van der Waals surface area (Å²) in [6, 6.07) is 0. The van der Waals surface area contributed by atoms with E-state index in [0.717, 1.165) is 29.6 Å². The van der Waals surface area contributed by atoms with E-state index in [4.69, 9.17) is 0 Å². The Hall–Kier alpha value is 0.350. The quantitative estimate of drug-likeness (QED) is 0.454. The molecule has 25 heavy (non-hydrogen) atoms. The van der Waals surface area contributed by atoms with Crippen molar-refractivity contribution < 1.29 is 18.9 Å². The zero-order chi connectivity index (χ0) is 16.7. The molecule has 0 N–H and O–H groups in total. The zero-order valence-electron chi connectivity index (χ0n) is 15.9. The van der Waals surface area contributed by atoms with E-state index in [9.17, 15) is 0 Å². The molecule has 0 heterocycles. The van der Waals surface area contributed by atoms with E-state index in [2.05, 4.69) is 52.6 Å². The van der Waals surface area contributed by atoms with E-state index in [0.29, 0.717) is 0 Å². The van der Waals surface area contributed by atoms with Crippen LogP contribution in [0.15, 0.2) is 47.6 Å². The van der Waals surface area contributed by atoms with Gasteiger partial charge in [0.1, 0.15) is 0 Å². The molecule has 0 aromatic heterocycles. The Kier molecular flexibility index (Phi) is 6.55. The van der Waals surface area contributed by atoms with Crippen LogP contribution in [0.25, 0.3) is 0 Å². The zero-order valence-corrected chi connectivity index (χ0v) is 20.6. The maximum atomic E-state index is 2.67. The number of rotatable bonds is 4. The van der Waals surface area contributed by atoms with Crippen LogP contribution in [0.1, 0.15) is 38.5 Å². The van der Waals surface area contributed by atoms with Crippen LogP contribution in [0.2, 0.25) is 13.4 Å². The first kappa shape index (κ1) is 20.1. The van der Waals surface area contributed by atoms with E-state index in [1.807, 2.05) is 11.1 Å². The molecule has 0 nitrogen and oxygen atoms in total. The van der Waals surface area contributed by atoms with Gasteiger partial charge in [0.15, 0.2) is 0 Å². The molecular formula is C22H34ClSiZr. The third kappa shape index (κ3) is 4.27. The van der Waals surface area contributed by atoms with Gasteiger partial charge in [0, 0.05) is 0 Å². The summed E-state index contributed by atoms with van der Waals surface area (Å²) in [7, 11) is 0. The van der Waals surface area contributed by atoms with E-state index < -0.39 is 18.9 Å². The standard InChI is InChI=1S/C20H25.2CH3.ClH.H2Si.Zr/c1-14(17-12-10-15-6-2-4-8-19(15)17)18-13-11-16-7-3-5-9-20(16)18;;;;;/h2-5,8-9,14-18H,1,6-7,10-13H2;2*1H3;1H;1H2;. The molecule has 4 aliphatic carbocycles. The molecule has 4 unspecified atom stereocenters. The van der Waals surface area contributed by atoms with Crippen molar-refractivity contribution in [3.05, 3.63) is 47.6 Å². The molecule has 2 saturated carbocycles. The van der Waals surface area contributed by atoms with Crippen molar-refractivity contribution in [1.82, 2.24) is 0 Å². The predicted molar refractivity (Wildman–Crippen MR) is 112 cm³/mol. The van der Waals surface area contributed by atoms with Gasteiger partial charge in [0.05, 0.1) is 0 Å². The number of fused-ring (bicyclic) bond motifs is 2. The van der Waals surface area contributed by atoms with Gasteiger partial charge in [-0.1, -0.05) is 0 Å². The molecule has 4 aliphatic rings. The van der Waals surface area contributed by atoms with Crippen molar-refractivity contribution in [2.45, 2.75) is 51.9 Å². The van der Waals surface area contributed by atoms with Crippen LogP contribution in [0.5, 0.6) is 0 Å². The van der Waals surface area contributed by atoms with E-state index >= 15 is 0 Å². The van der Waals surface area contributed by atoms with Crippen molar-refractivity contribution in [3.63, 3.8) is 0 Å². The molecular weight excluding hydrogens is 419 g/mol. The third-order valence-corrected chi connectivity index (χ3v) is 12.5. The molecule has 3 heteroatoms. The fourth-order valence-corrected chi connectivity index (χ4v) is 12.5. The van der Waals surface area contributed by atoms with E-state index in [1.54, 1.807) is 4.13 Å². The van der Waals surface area contributed by atoms with Crippen molar-refractivity contribution in [3.8, 4) is 0 Å². The molecule has 0 saturated heterocycles. The average molecular weight is 453 g/mol. The van der Waals surface area contributed by atoms with Gasteiger partial charge in [-0.2, -0.15) is 0 Å². The fraction of sp³-hybridized carbons (Fsp3) is 0.636. The molecule has 0 radical (unpaired) electrons. The van der Waals surface area contributed by atoms with Gasteiger partial charge in [-0.25, -0.2) is 0 Å². The Morgan fingerprint density at radius 1 is 0.920 bits per heavy atom. The van der Waals surface area contributed by atoms with Crippen molar-refractivity contribution in [1.29, 1.82) is 0 Å². The minimum atomic E-state index is -1.79. The summed E-state index contributed by atoms with van der Waals surface area (Å²) >= 11 is -1.79. The number of halogens is 1. The summed E-state index contributed by atoms with van der Waals surface area (Å²) in [4.78, 5) is 0. The number of allylic oxidation sites excluding steroid dienone is 8. The van der Waals surface area contributed by atoms with Crippen molar-refractivity contribution >= 4 is 19.3 Å². The Morgan fingerprint density at radius 2 is 1.40 bits per heavy atom. The Labute approximate surface area is 166 Å². The molecule has 0 amide bonds. The molecule has 4 rings (SSSR count). The molecule has 0 bridgehead atoms. The van der Waals surface area contributed by atoms with Gasteiger partial charge < -0.3 is 0 Å². The summed E-state index contributed by atoms with van der Waals surface area (Å²) < 4.78 is 6.94. The van der Waals surface area contributed by atoms with Crippen LogP contribution < -0.4 is 0 Å². The first-order chi connectivity index (χ1) is 11.5. The van der Waals surface area contributed by atoms with Gasteiger partial charge in [0.2, 0.25) is 0 Å². The fourth-order valence-electron chi connectivity index (χ4n) is 6.03. The monoisotopic (exact) mass is 451 g/mol. The average Bonchev–Trinajstić information content (AvgIpc) is 3.16. The second-order valence-corrected chi connectivity index (χ2v) is 32.4. The molecule has 4 atom stereocenters. The first-order valence-electron chi connectivity index (χ1n) is 10.1. The van der Waals surface area contributed by atoms with Crippen LogP contribution in [0, 0.1) is 29.6 Å². The molecule has 0 aromatic carbocycles. The topological polar surface area (TPSA) is 0 Å².